The summed E-state index contributed by atoms with van der Waals surface area (Å²) in [4.78, 5) is 30.2. The number of ether oxygens (including phenoxy) is 2. The summed E-state index contributed by atoms with van der Waals surface area (Å²) in [5.74, 6) is 0.730. The lowest BCUT2D eigenvalue weighted by atomic mass is 9.97. The first-order valence-electron chi connectivity index (χ1n) is 11.9. The smallest absolute Gasteiger partial charge is 0.331 e. The van der Waals surface area contributed by atoms with E-state index in [1.807, 2.05) is 48.7 Å². The molecule has 1 unspecified atom stereocenters. The number of H-pyrrole nitrogens is 1. The predicted octanol–water partition coefficient (Wildman–Crippen LogP) is 4.05. The Labute approximate surface area is 207 Å². The Bertz CT molecular complexity index is 1770. The van der Waals surface area contributed by atoms with Crippen LogP contribution in [0.2, 0.25) is 0 Å². The number of para-hydroxylation sites is 1. The zero-order valence-electron chi connectivity index (χ0n) is 21.0. The minimum Gasteiger partial charge on any atom is -0.497 e. The zero-order valence-corrected chi connectivity index (χ0v) is 21.0. The van der Waals surface area contributed by atoms with E-state index >= 15 is 0 Å². The number of nitrogens with one attached hydrogen (secondary N) is 1. The van der Waals surface area contributed by atoms with Crippen LogP contribution >= 0.6 is 0 Å². The average molecular weight is 485 g/mol. The Hall–Kier alpha value is -4.04. The van der Waals surface area contributed by atoms with Crippen LogP contribution in [0.25, 0.3) is 33.1 Å². The van der Waals surface area contributed by atoms with E-state index < -0.39 is 11.6 Å². The largest absolute Gasteiger partial charge is 0.497 e. The molecule has 0 aliphatic carbocycles. The second-order valence-corrected chi connectivity index (χ2v) is 10.0. The maximum Gasteiger partial charge on any atom is 0.331 e. The summed E-state index contributed by atoms with van der Waals surface area (Å²) in [6.45, 7) is 4.62. The van der Waals surface area contributed by atoms with Crippen LogP contribution in [0.15, 0.2) is 64.3 Å². The molecule has 1 aliphatic rings. The summed E-state index contributed by atoms with van der Waals surface area (Å²) in [6, 6.07) is 15.8. The molecular weight excluding hydrogens is 456 g/mol. The third kappa shape index (κ3) is 2.97. The fourth-order valence-electron chi connectivity index (χ4n) is 5.57. The van der Waals surface area contributed by atoms with Crippen molar-refractivity contribution in [3.05, 3.63) is 86.8 Å². The highest BCUT2D eigenvalue weighted by Gasteiger charge is 2.41. The van der Waals surface area contributed by atoms with E-state index in [1.165, 1.54) is 11.6 Å². The van der Waals surface area contributed by atoms with Crippen molar-refractivity contribution in [1.82, 2.24) is 18.7 Å². The monoisotopic (exact) mass is 484 g/mol. The SMILES string of the molecule is COc1ccc(-c2c3c(=O)n(C)c(=O)n(C)c3c3n2C(C)(C)COC3c2c[nH]c3ccccc23)cc1. The van der Waals surface area contributed by atoms with Crippen molar-refractivity contribution < 1.29 is 9.47 Å². The van der Waals surface area contributed by atoms with Crippen LogP contribution in [0, 0.1) is 0 Å². The Balaban J connectivity index is 1.79. The highest BCUT2D eigenvalue weighted by Crippen LogP contribution is 2.46. The van der Waals surface area contributed by atoms with Crippen molar-refractivity contribution in [2.24, 2.45) is 14.1 Å². The molecule has 8 heteroatoms. The molecule has 36 heavy (non-hydrogen) atoms. The lowest BCUT2D eigenvalue weighted by molar-refractivity contribution is -0.00642. The summed E-state index contributed by atoms with van der Waals surface area (Å²) in [7, 11) is 4.87. The van der Waals surface area contributed by atoms with Gasteiger partial charge in [-0.05, 0) is 49.7 Å². The molecule has 0 amide bonds. The molecule has 0 bridgehead atoms. The molecule has 6 rings (SSSR count). The molecule has 184 valence electrons. The molecule has 0 saturated heterocycles. The number of hydrogen-bond donors (Lipinski definition) is 1. The number of rotatable bonds is 3. The van der Waals surface area contributed by atoms with Gasteiger partial charge < -0.3 is 19.0 Å². The average Bonchev–Trinajstić information content (AvgIpc) is 3.47. The van der Waals surface area contributed by atoms with E-state index in [2.05, 4.69) is 29.5 Å². The number of nitrogens with zero attached hydrogens (tertiary/aromatic N) is 3. The molecule has 0 fully saturated rings. The number of fused-ring (bicyclic) bond motifs is 4. The van der Waals surface area contributed by atoms with Gasteiger partial charge in [0.15, 0.2) is 0 Å². The first-order chi connectivity index (χ1) is 17.2. The van der Waals surface area contributed by atoms with E-state index in [0.29, 0.717) is 17.5 Å². The van der Waals surface area contributed by atoms with Gasteiger partial charge in [0.2, 0.25) is 0 Å². The van der Waals surface area contributed by atoms with E-state index in [-0.39, 0.29) is 11.2 Å². The number of aryl methyl sites for hydroxylation is 1. The normalized spacial score (nSPS) is 17.0. The zero-order chi connectivity index (χ0) is 25.4. The molecule has 4 heterocycles. The molecule has 8 nitrogen and oxygen atoms in total. The van der Waals surface area contributed by atoms with Gasteiger partial charge in [0.25, 0.3) is 5.56 Å². The first-order valence-corrected chi connectivity index (χ1v) is 11.9. The molecule has 5 aromatic rings. The second kappa shape index (κ2) is 7.73. The maximum atomic E-state index is 13.7. The van der Waals surface area contributed by atoms with E-state index in [0.717, 1.165) is 39.2 Å². The van der Waals surface area contributed by atoms with Gasteiger partial charge >= 0.3 is 5.69 Å². The minimum absolute atomic E-state index is 0.325. The summed E-state index contributed by atoms with van der Waals surface area (Å²) in [5, 5.41) is 1.55. The summed E-state index contributed by atoms with van der Waals surface area (Å²) >= 11 is 0. The van der Waals surface area contributed by atoms with Gasteiger partial charge in [-0.15, -0.1) is 0 Å². The molecule has 0 radical (unpaired) electrons. The topological polar surface area (TPSA) is 83.2 Å². The fourth-order valence-corrected chi connectivity index (χ4v) is 5.57. The predicted molar refractivity (Wildman–Crippen MR) is 140 cm³/mol. The van der Waals surface area contributed by atoms with Gasteiger partial charge in [-0.2, -0.15) is 0 Å². The Morgan fingerprint density at radius 1 is 1.03 bits per heavy atom. The van der Waals surface area contributed by atoms with Gasteiger partial charge in [-0.25, -0.2) is 4.79 Å². The van der Waals surface area contributed by atoms with Crippen molar-refractivity contribution in [3.8, 4) is 17.0 Å². The Kier molecular flexibility index (Phi) is 4.82. The van der Waals surface area contributed by atoms with Crippen molar-refractivity contribution in [2.75, 3.05) is 13.7 Å². The number of hydrogen-bond acceptors (Lipinski definition) is 4. The number of methoxy groups -OCH3 is 1. The molecular formula is C28H28N4O4. The molecule has 1 aliphatic heterocycles. The summed E-state index contributed by atoms with van der Waals surface area (Å²) in [6.07, 6.45) is 1.49. The van der Waals surface area contributed by atoms with Gasteiger partial charge in [0, 0.05) is 36.8 Å². The van der Waals surface area contributed by atoms with Gasteiger partial charge in [-0.3, -0.25) is 13.9 Å². The minimum atomic E-state index is -0.479. The standard InChI is InChI=1S/C28H28N4O4/c1-28(2)15-36-25(19-14-29-20-9-7-6-8-18(19)20)24-23-21(26(33)31(4)27(34)30(23)3)22(32(24)28)16-10-12-17(35-5)13-11-16/h6-14,25,29H,15H2,1-5H3. The third-order valence-electron chi connectivity index (χ3n) is 7.33. The van der Waals surface area contributed by atoms with Crippen LogP contribution in [-0.4, -0.2) is 32.4 Å². The molecule has 0 saturated carbocycles. The van der Waals surface area contributed by atoms with Crippen molar-refractivity contribution in [3.63, 3.8) is 0 Å². The van der Waals surface area contributed by atoms with Gasteiger partial charge in [0.05, 0.1) is 41.5 Å². The van der Waals surface area contributed by atoms with Crippen LogP contribution < -0.4 is 16.0 Å². The molecule has 2 aromatic carbocycles. The lowest BCUT2D eigenvalue weighted by Gasteiger charge is -2.39. The highest BCUT2D eigenvalue weighted by molar-refractivity contribution is 5.97. The van der Waals surface area contributed by atoms with Gasteiger partial charge in [-0.1, -0.05) is 18.2 Å². The Morgan fingerprint density at radius 2 is 1.75 bits per heavy atom. The lowest BCUT2D eigenvalue weighted by Crippen LogP contribution is -2.40. The Morgan fingerprint density at radius 3 is 2.47 bits per heavy atom. The number of benzene rings is 2. The van der Waals surface area contributed by atoms with Crippen molar-refractivity contribution in [2.45, 2.75) is 25.5 Å². The summed E-state index contributed by atoms with van der Waals surface area (Å²) in [5.41, 5.74) is 3.84. The quantitative estimate of drug-likeness (QED) is 0.419. The fraction of sp³-hybridized carbons (Fsp3) is 0.286. The second-order valence-electron chi connectivity index (χ2n) is 10.0. The number of aromatic amines is 1. The first kappa shape index (κ1) is 22.4. The molecule has 1 atom stereocenters. The van der Waals surface area contributed by atoms with Crippen molar-refractivity contribution in [1.29, 1.82) is 0 Å². The maximum absolute atomic E-state index is 13.7. The van der Waals surface area contributed by atoms with Gasteiger partial charge in [0.1, 0.15) is 11.9 Å². The van der Waals surface area contributed by atoms with E-state index in [1.54, 1.807) is 18.7 Å². The van der Waals surface area contributed by atoms with Crippen LogP contribution in [0.1, 0.15) is 31.2 Å². The van der Waals surface area contributed by atoms with E-state index in [4.69, 9.17) is 9.47 Å². The highest BCUT2D eigenvalue weighted by atomic mass is 16.5. The molecule has 0 spiro atoms. The van der Waals surface area contributed by atoms with E-state index in [9.17, 15) is 9.59 Å². The summed E-state index contributed by atoms with van der Waals surface area (Å²) < 4.78 is 16.9. The number of aromatic nitrogens is 4. The molecule has 1 N–H and O–H groups in total. The third-order valence-corrected chi connectivity index (χ3v) is 7.33. The van der Waals surface area contributed by atoms with Crippen LogP contribution in [-0.2, 0) is 24.4 Å². The van der Waals surface area contributed by atoms with Crippen LogP contribution in [0.4, 0.5) is 0 Å². The molecule has 3 aromatic heterocycles. The van der Waals surface area contributed by atoms with Crippen LogP contribution in [0.3, 0.4) is 0 Å². The van der Waals surface area contributed by atoms with Crippen LogP contribution in [0.5, 0.6) is 5.75 Å². The van der Waals surface area contributed by atoms with Crippen molar-refractivity contribution >= 4 is 21.8 Å².